The van der Waals surface area contributed by atoms with Crippen molar-refractivity contribution in [2.45, 2.75) is 44.2 Å². The molecule has 2 atom stereocenters. The largest absolute Gasteiger partial charge is 0.390 e. The minimum atomic E-state index is -3.24. The van der Waals surface area contributed by atoms with E-state index in [0.717, 1.165) is 25.7 Å². The van der Waals surface area contributed by atoms with Gasteiger partial charge in [0.15, 0.2) is 0 Å². The van der Waals surface area contributed by atoms with Gasteiger partial charge in [0.2, 0.25) is 10.0 Å². The van der Waals surface area contributed by atoms with Gasteiger partial charge in [-0.1, -0.05) is 19.3 Å². The molecule has 0 amide bonds. The van der Waals surface area contributed by atoms with Crippen LogP contribution >= 0.6 is 0 Å². The van der Waals surface area contributed by atoms with Gasteiger partial charge in [0, 0.05) is 20.1 Å². The van der Waals surface area contributed by atoms with Crippen molar-refractivity contribution in [2.24, 2.45) is 5.92 Å². The molecular weight excluding hydrogens is 252 g/mol. The van der Waals surface area contributed by atoms with Crippen molar-refractivity contribution in [3.05, 3.63) is 0 Å². The lowest BCUT2D eigenvalue weighted by Crippen LogP contribution is -2.46. The molecule has 0 bridgehead atoms. The SMILES string of the molecule is CN([C@H]1CNC[C@@H]1O)S(=O)(=O)CC1CCCCC1. The molecule has 18 heavy (non-hydrogen) atoms. The van der Waals surface area contributed by atoms with E-state index in [0.29, 0.717) is 19.0 Å². The van der Waals surface area contributed by atoms with E-state index in [1.54, 1.807) is 7.05 Å². The maximum absolute atomic E-state index is 12.3. The Morgan fingerprint density at radius 3 is 2.44 bits per heavy atom. The van der Waals surface area contributed by atoms with E-state index >= 15 is 0 Å². The summed E-state index contributed by atoms with van der Waals surface area (Å²) in [6.07, 6.45) is 5.00. The predicted octanol–water partition coefficient (Wildman–Crippen LogP) is 0.161. The average molecular weight is 276 g/mol. The number of hydrogen-bond acceptors (Lipinski definition) is 4. The monoisotopic (exact) mass is 276 g/mol. The molecule has 1 heterocycles. The lowest BCUT2D eigenvalue weighted by atomic mass is 9.91. The quantitative estimate of drug-likeness (QED) is 0.767. The van der Waals surface area contributed by atoms with Crippen LogP contribution < -0.4 is 5.32 Å². The van der Waals surface area contributed by atoms with Gasteiger partial charge in [-0.2, -0.15) is 4.31 Å². The van der Waals surface area contributed by atoms with E-state index < -0.39 is 16.1 Å². The van der Waals surface area contributed by atoms with E-state index in [9.17, 15) is 13.5 Å². The number of β-amino-alcohol motifs (C(OH)–C–C–N with tert-alkyl or cyclic N) is 1. The number of nitrogens with one attached hydrogen (secondary N) is 1. The standard InChI is InChI=1S/C12H24N2O3S/c1-14(11-7-13-8-12(11)15)18(16,17)9-10-5-3-2-4-6-10/h10-13,15H,2-9H2,1H3/t11-,12-/m0/s1. The first kappa shape index (κ1) is 14.2. The summed E-state index contributed by atoms with van der Waals surface area (Å²) in [6.45, 7) is 1.02. The topological polar surface area (TPSA) is 69.6 Å². The normalized spacial score (nSPS) is 31.1. The summed E-state index contributed by atoms with van der Waals surface area (Å²) in [6, 6.07) is -0.307. The van der Waals surface area contributed by atoms with Gasteiger partial charge in [-0.3, -0.25) is 0 Å². The van der Waals surface area contributed by atoms with Crippen molar-refractivity contribution in [2.75, 3.05) is 25.9 Å². The molecular formula is C12H24N2O3S. The van der Waals surface area contributed by atoms with Gasteiger partial charge in [0.1, 0.15) is 0 Å². The third-order valence-corrected chi connectivity index (χ3v) is 6.27. The molecule has 5 nitrogen and oxygen atoms in total. The van der Waals surface area contributed by atoms with E-state index in [1.165, 1.54) is 10.7 Å². The number of nitrogens with zero attached hydrogens (tertiary/aromatic N) is 1. The first-order valence-electron chi connectivity index (χ1n) is 6.85. The molecule has 0 spiro atoms. The molecule has 1 aliphatic carbocycles. The van der Waals surface area contributed by atoms with E-state index in [2.05, 4.69) is 5.32 Å². The molecule has 2 fully saturated rings. The van der Waals surface area contributed by atoms with Crippen LogP contribution in [0, 0.1) is 5.92 Å². The van der Waals surface area contributed by atoms with Crippen LogP contribution in [-0.4, -0.2) is 55.9 Å². The van der Waals surface area contributed by atoms with Crippen LogP contribution in [0.4, 0.5) is 0 Å². The van der Waals surface area contributed by atoms with Crippen molar-refractivity contribution in [3.8, 4) is 0 Å². The summed E-state index contributed by atoms with van der Waals surface area (Å²) >= 11 is 0. The Labute approximate surface area is 110 Å². The number of rotatable bonds is 4. The van der Waals surface area contributed by atoms with E-state index in [4.69, 9.17) is 0 Å². The number of aliphatic hydroxyl groups excluding tert-OH is 1. The molecule has 2 aliphatic rings. The lowest BCUT2D eigenvalue weighted by molar-refractivity contribution is 0.136. The second-order valence-corrected chi connectivity index (χ2v) is 7.66. The molecule has 1 aliphatic heterocycles. The van der Waals surface area contributed by atoms with E-state index in [-0.39, 0.29) is 11.8 Å². The van der Waals surface area contributed by atoms with Crippen molar-refractivity contribution in [1.29, 1.82) is 0 Å². The van der Waals surface area contributed by atoms with Crippen LogP contribution in [-0.2, 0) is 10.0 Å². The molecule has 0 unspecified atom stereocenters. The number of sulfonamides is 1. The van der Waals surface area contributed by atoms with Crippen molar-refractivity contribution in [3.63, 3.8) is 0 Å². The first-order valence-corrected chi connectivity index (χ1v) is 8.46. The molecule has 2 N–H and O–H groups in total. The van der Waals surface area contributed by atoms with Gasteiger partial charge >= 0.3 is 0 Å². The Hall–Kier alpha value is -0.170. The number of aliphatic hydroxyl groups is 1. The fraction of sp³-hybridized carbons (Fsp3) is 1.00. The highest BCUT2D eigenvalue weighted by atomic mass is 32.2. The lowest BCUT2D eigenvalue weighted by Gasteiger charge is -2.29. The Kier molecular flexibility index (Phi) is 4.64. The maximum atomic E-state index is 12.3. The zero-order valence-corrected chi connectivity index (χ0v) is 11.8. The van der Waals surface area contributed by atoms with Crippen molar-refractivity contribution in [1.82, 2.24) is 9.62 Å². The van der Waals surface area contributed by atoms with Gasteiger partial charge in [-0.05, 0) is 18.8 Å². The Morgan fingerprint density at radius 1 is 1.22 bits per heavy atom. The summed E-state index contributed by atoms with van der Waals surface area (Å²) in [5, 5.41) is 12.8. The van der Waals surface area contributed by atoms with Crippen LogP contribution in [0.3, 0.4) is 0 Å². The highest BCUT2D eigenvalue weighted by Crippen LogP contribution is 2.26. The van der Waals surface area contributed by atoms with Crippen LogP contribution in [0.2, 0.25) is 0 Å². The predicted molar refractivity (Wildman–Crippen MR) is 70.8 cm³/mol. The third kappa shape index (κ3) is 3.23. The smallest absolute Gasteiger partial charge is 0.214 e. The molecule has 106 valence electrons. The molecule has 0 aromatic heterocycles. The number of hydrogen-bond donors (Lipinski definition) is 2. The molecule has 0 aromatic carbocycles. The summed E-state index contributed by atoms with van der Waals surface area (Å²) < 4.78 is 26.0. The highest BCUT2D eigenvalue weighted by Gasteiger charge is 2.35. The van der Waals surface area contributed by atoms with Gasteiger partial charge in [-0.15, -0.1) is 0 Å². The molecule has 0 radical (unpaired) electrons. The summed E-state index contributed by atoms with van der Waals surface area (Å²) in [5.74, 6) is 0.546. The summed E-state index contributed by atoms with van der Waals surface area (Å²) in [7, 11) is -1.65. The fourth-order valence-corrected chi connectivity index (χ4v) is 4.79. The van der Waals surface area contributed by atoms with Gasteiger partial charge in [-0.25, -0.2) is 8.42 Å². The van der Waals surface area contributed by atoms with Gasteiger partial charge in [0.25, 0.3) is 0 Å². The summed E-state index contributed by atoms with van der Waals surface area (Å²) in [5.41, 5.74) is 0. The molecule has 1 saturated carbocycles. The maximum Gasteiger partial charge on any atom is 0.214 e. The van der Waals surface area contributed by atoms with E-state index in [1.807, 2.05) is 0 Å². The summed E-state index contributed by atoms with van der Waals surface area (Å²) in [4.78, 5) is 0. The van der Waals surface area contributed by atoms with Crippen LogP contribution in [0.25, 0.3) is 0 Å². The minimum absolute atomic E-state index is 0.243. The average Bonchev–Trinajstić information content (AvgIpc) is 2.75. The Morgan fingerprint density at radius 2 is 1.89 bits per heavy atom. The second-order valence-electron chi connectivity index (χ2n) is 5.59. The van der Waals surface area contributed by atoms with Crippen molar-refractivity contribution >= 4 is 10.0 Å². The molecule has 0 aromatic rings. The first-order chi connectivity index (χ1) is 8.50. The van der Waals surface area contributed by atoms with Gasteiger partial charge < -0.3 is 10.4 Å². The number of likely N-dealkylation sites (N-methyl/N-ethyl adjacent to an activating group) is 1. The zero-order chi connectivity index (χ0) is 13.2. The zero-order valence-electron chi connectivity index (χ0n) is 11.0. The highest BCUT2D eigenvalue weighted by molar-refractivity contribution is 7.89. The molecule has 6 heteroatoms. The van der Waals surface area contributed by atoms with Crippen molar-refractivity contribution < 1.29 is 13.5 Å². The van der Waals surface area contributed by atoms with Gasteiger partial charge in [0.05, 0.1) is 17.9 Å². The second kappa shape index (κ2) is 5.86. The third-order valence-electron chi connectivity index (χ3n) is 4.23. The Balaban J connectivity index is 1.96. The van der Waals surface area contributed by atoms with Crippen LogP contribution in [0.15, 0.2) is 0 Å². The Bertz CT molecular complexity index is 366. The minimum Gasteiger partial charge on any atom is -0.390 e. The fourth-order valence-electron chi connectivity index (χ4n) is 3.00. The molecule has 2 rings (SSSR count). The van der Waals surface area contributed by atoms with Crippen LogP contribution in [0.5, 0.6) is 0 Å². The molecule has 1 saturated heterocycles. The van der Waals surface area contributed by atoms with Crippen LogP contribution in [0.1, 0.15) is 32.1 Å².